The fourth-order valence-corrected chi connectivity index (χ4v) is 4.91. The molecule has 2 heterocycles. The summed E-state index contributed by atoms with van der Waals surface area (Å²) in [7, 11) is 0. The van der Waals surface area contributed by atoms with Crippen molar-refractivity contribution in [2.75, 3.05) is 5.32 Å². The number of amides is 1. The summed E-state index contributed by atoms with van der Waals surface area (Å²) in [6.07, 6.45) is 23.3. The Labute approximate surface area is 244 Å². The molecule has 0 saturated heterocycles. The highest BCUT2D eigenvalue weighted by molar-refractivity contribution is 6.09. The van der Waals surface area contributed by atoms with Crippen LogP contribution in [-0.4, -0.2) is 22.5 Å². The molecular weight excluding hydrogens is 515 g/mol. The fourth-order valence-electron chi connectivity index (χ4n) is 4.91. The number of carbonyl (C=O) groups excluding carboxylic acids is 2. The number of ether oxygens (including phenoxy) is 1. The van der Waals surface area contributed by atoms with Crippen molar-refractivity contribution in [1.29, 1.82) is 0 Å². The fraction of sp³-hybridized carbons (Fsp3) is 0.314. The Hall–Kier alpha value is -4.37. The molecule has 1 aromatic carbocycles. The number of terminal acetylenes is 1. The number of benzene rings is 1. The van der Waals surface area contributed by atoms with E-state index in [0.29, 0.717) is 37.1 Å². The van der Waals surface area contributed by atoms with Gasteiger partial charge < -0.3 is 14.6 Å². The van der Waals surface area contributed by atoms with Crippen molar-refractivity contribution in [3.63, 3.8) is 0 Å². The Bertz CT molecular complexity index is 1350. The van der Waals surface area contributed by atoms with Crippen LogP contribution in [0.25, 0.3) is 5.57 Å². The number of cyclic esters (lactones) is 1. The first-order chi connectivity index (χ1) is 19.8. The monoisotopic (exact) mass is 556 g/mol. The summed E-state index contributed by atoms with van der Waals surface area (Å²) < 4.78 is 21.7. The van der Waals surface area contributed by atoms with Crippen molar-refractivity contribution >= 4 is 23.1 Å². The zero-order valence-corrected chi connectivity index (χ0v) is 24.7. The minimum absolute atomic E-state index is 0.0165. The number of rotatable bonds is 11. The molecule has 0 radical (unpaired) electrons. The molecule has 0 saturated carbocycles. The quantitative estimate of drug-likeness (QED) is 0.172. The summed E-state index contributed by atoms with van der Waals surface area (Å²) in [4.78, 5) is 25.8. The third-order valence-corrected chi connectivity index (χ3v) is 6.64. The Morgan fingerprint density at radius 1 is 1.12 bits per heavy atom. The van der Waals surface area contributed by atoms with Crippen LogP contribution >= 0.6 is 0 Å². The molecule has 5 nitrogen and oxygen atoms in total. The first-order valence-electron chi connectivity index (χ1n) is 13.9. The van der Waals surface area contributed by atoms with E-state index in [1.54, 1.807) is 13.0 Å². The molecule has 1 amide bonds. The second-order valence-corrected chi connectivity index (χ2v) is 9.72. The Balaban J connectivity index is 0.00000287. The molecule has 0 aliphatic carbocycles. The average molecular weight is 557 g/mol. The van der Waals surface area contributed by atoms with Crippen molar-refractivity contribution in [3.8, 4) is 12.8 Å². The van der Waals surface area contributed by atoms with Crippen LogP contribution < -0.4 is 5.32 Å². The Morgan fingerprint density at radius 3 is 2.41 bits per heavy atom. The molecule has 2 aromatic rings. The highest BCUT2D eigenvalue weighted by Crippen LogP contribution is 2.36. The third-order valence-electron chi connectivity index (χ3n) is 6.64. The Morgan fingerprint density at radius 2 is 1.83 bits per heavy atom. The van der Waals surface area contributed by atoms with Crippen LogP contribution in [0.3, 0.4) is 0 Å². The summed E-state index contributed by atoms with van der Waals surface area (Å²) in [6, 6.07) is 9.40. The van der Waals surface area contributed by atoms with E-state index in [0.717, 1.165) is 22.5 Å². The summed E-state index contributed by atoms with van der Waals surface area (Å²) >= 11 is 0. The van der Waals surface area contributed by atoms with Gasteiger partial charge in [0.25, 0.3) is 5.91 Å². The lowest BCUT2D eigenvalue weighted by Gasteiger charge is -2.22. The predicted octanol–water partition coefficient (Wildman–Crippen LogP) is 8.33. The number of hydrogen-bond acceptors (Lipinski definition) is 3. The van der Waals surface area contributed by atoms with Crippen molar-refractivity contribution < 1.29 is 18.7 Å². The molecule has 3 rings (SSSR count). The summed E-state index contributed by atoms with van der Waals surface area (Å²) in [5.41, 5.74) is 4.88. The number of esters is 1. The Kier molecular flexibility index (Phi) is 13.4. The van der Waals surface area contributed by atoms with Crippen molar-refractivity contribution in [2.45, 2.75) is 72.4 Å². The van der Waals surface area contributed by atoms with Gasteiger partial charge in [0.1, 0.15) is 11.9 Å². The maximum atomic E-state index is 14.0. The van der Waals surface area contributed by atoms with Gasteiger partial charge >= 0.3 is 5.97 Å². The van der Waals surface area contributed by atoms with Gasteiger partial charge in [0.05, 0.1) is 5.56 Å². The van der Waals surface area contributed by atoms with E-state index in [9.17, 15) is 14.0 Å². The minimum Gasteiger partial charge on any atom is -0.459 e. The highest BCUT2D eigenvalue weighted by atomic mass is 19.1. The topological polar surface area (TPSA) is 60.3 Å². The number of aromatic nitrogens is 1. The highest BCUT2D eigenvalue weighted by Gasteiger charge is 2.30. The lowest BCUT2D eigenvalue weighted by atomic mass is 9.94. The SMILES string of the molecule is C#C.C/C=C\C(=C/C)c1c(C(=O)Nc2ccccc2)c(C(C)C)n(CCC2CC=CC(=O)O2)c1C/C=C\C(F)=C/C. The summed E-state index contributed by atoms with van der Waals surface area (Å²) in [6.45, 7) is 10.2. The molecule has 0 fully saturated rings. The lowest BCUT2D eigenvalue weighted by molar-refractivity contribution is -0.144. The van der Waals surface area contributed by atoms with E-state index in [1.165, 1.54) is 18.2 Å². The largest absolute Gasteiger partial charge is 0.459 e. The minimum atomic E-state index is -0.333. The number of para-hydroxylation sites is 1. The third kappa shape index (κ3) is 8.81. The van der Waals surface area contributed by atoms with Gasteiger partial charge in [-0.15, -0.1) is 12.8 Å². The molecule has 1 unspecified atom stereocenters. The molecule has 1 aromatic heterocycles. The molecule has 41 heavy (non-hydrogen) atoms. The molecule has 0 bridgehead atoms. The zero-order chi connectivity index (χ0) is 30.4. The molecule has 1 aliphatic rings. The van der Waals surface area contributed by atoms with Gasteiger partial charge in [0, 0.05) is 54.5 Å². The van der Waals surface area contributed by atoms with E-state index in [1.807, 2.05) is 68.5 Å². The average Bonchev–Trinajstić information content (AvgIpc) is 3.30. The normalized spacial score (nSPS) is 15.7. The molecule has 0 spiro atoms. The number of nitrogens with one attached hydrogen (secondary N) is 1. The van der Waals surface area contributed by atoms with E-state index < -0.39 is 0 Å². The maximum absolute atomic E-state index is 14.0. The molecule has 1 N–H and O–H groups in total. The van der Waals surface area contributed by atoms with Crippen LogP contribution in [0.4, 0.5) is 10.1 Å². The van der Waals surface area contributed by atoms with Gasteiger partial charge in [-0.25, -0.2) is 9.18 Å². The molecule has 1 atom stereocenters. The van der Waals surface area contributed by atoms with Gasteiger partial charge in [-0.3, -0.25) is 4.79 Å². The van der Waals surface area contributed by atoms with Gasteiger partial charge in [-0.2, -0.15) is 0 Å². The van der Waals surface area contributed by atoms with Gasteiger partial charge in [-0.1, -0.05) is 68.5 Å². The van der Waals surface area contributed by atoms with E-state index in [4.69, 9.17) is 4.74 Å². The van der Waals surface area contributed by atoms with Gasteiger partial charge in [0.15, 0.2) is 0 Å². The van der Waals surface area contributed by atoms with Crippen LogP contribution in [0, 0.1) is 12.8 Å². The second kappa shape index (κ2) is 16.7. The van der Waals surface area contributed by atoms with Crippen molar-refractivity contribution in [1.82, 2.24) is 4.57 Å². The number of nitrogens with zero attached hydrogens (tertiary/aromatic N) is 1. The van der Waals surface area contributed by atoms with E-state index in [-0.39, 0.29) is 29.7 Å². The van der Waals surface area contributed by atoms with Gasteiger partial charge in [0.2, 0.25) is 0 Å². The summed E-state index contributed by atoms with van der Waals surface area (Å²) in [5, 5.41) is 3.08. The van der Waals surface area contributed by atoms with Crippen molar-refractivity contribution in [2.24, 2.45) is 0 Å². The van der Waals surface area contributed by atoms with E-state index in [2.05, 4.69) is 36.6 Å². The van der Waals surface area contributed by atoms with Crippen molar-refractivity contribution in [3.05, 3.63) is 107 Å². The molecule has 216 valence electrons. The van der Waals surface area contributed by atoms with Crippen LogP contribution in [-0.2, 0) is 22.5 Å². The van der Waals surface area contributed by atoms with E-state index >= 15 is 0 Å². The number of carbonyl (C=O) groups is 2. The van der Waals surface area contributed by atoms with Gasteiger partial charge in [-0.05, 0) is 50.5 Å². The number of hydrogen-bond donors (Lipinski definition) is 1. The molecule has 6 heteroatoms. The number of anilines is 1. The van der Waals surface area contributed by atoms with Crippen LogP contribution in [0.2, 0.25) is 0 Å². The summed E-state index contributed by atoms with van der Waals surface area (Å²) in [5.74, 6) is -0.829. The van der Waals surface area contributed by atoms with Crippen LogP contribution in [0.1, 0.15) is 80.7 Å². The lowest BCUT2D eigenvalue weighted by Crippen LogP contribution is -2.23. The zero-order valence-electron chi connectivity index (χ0n) is 24.7. The number of halogens is 1. The maximum Gasteiger partial charge on any atom is 0.330 e. The van der Waals surface area contributed by atoms with Crippen LogP contribution in [0.15, 0.2) is 84.8 Å². The first-order valence-corrected chi connectivity index (χ1v) is 13.9. The standard InChI is InChI=1S/C33H39FN2O3.C2H2/c1-6-14-24(7-2)30-28(19-12-15-25(34)8-3)36(22-21-27-18-13-20-29(37)39-27)32(23(4)5)31(30)33(38)35-26-16-10-9-11-17-26;1-2/h6-17,20,23,27H,18-19,21-22H2,1-5H3,(H,35,38);1-2H/b14-6-,15-12-,24-7+,25-8+;. The molecular formula is C35H41FN2O3. The predicted molar refractivity (Wildman–Crippen MR) is 167 cm³/mol. The second-order valence-electron chi connectivity index (χ2n) is 9.72. The molecule has 1 aliphatic heterocycles. The van der Waals surface area contributed by atoms with Crippen LogP contribution in [0.5, 0.6) is 0 Å². The smallest absolute Gasteiger partial charge is 0.330 e. The first kappa shape index (κ1) is 32.8. The number of allylic oxidation sites excluding steroid dienone is 8.